The van der Waals surface area contributed by atoms with Gasteiger partial charge in [0.05, 0.1) is 0 Å². The van der Waals surface area contributed by atoms with E-state index in [1.54, 1.807) is 0 Å². The van der Waals surface area contributed by atoms with Crippen LogP contribution >= 0.6 is 0 Å². The number of aliphatic hydroxyl groups excluding tert-OH is 1. The third-order valence-corrected chi connectivity index (χ3v) is 2.66. The van der Waals surface area contributed by atoms with Crippen molar-refractivity contribution in [2.75, 3.05) is 19.7 Å². The molecular formula is C9H20N2O. The normalized spacial score (nSPS) is 28.8. The van der Waals surface area contributed by atoms with Crippen molar-refractivity contribution in [1.82, 2.24) is 4.90 Å². The smallest absolute Gasteiger partial charge is 0.0445 e. The first-order valence-electron chi connectivity index (χ1n) is 4.84. The minimum atomic E-state index is 0.285. The highest BCUT2D eigenvalue weighted by Gasteiger charge is 2.20. The second-order valence-electron chi connectivity index (χ2n) is 3.76. The van der Waals surface area contributed by atoms with Crippen LogP contribution in [0.5, 0.6) is 0 Å². The summed E-state index contributed by atoms with van der Waals surface area (Å²) in [5, 5.41) is 8.78. The molecule has 1 aliphatic rings. The number of hydrogen-bond acceptors (Lipinski definition) is 3. The van der Waals surface area contributed by atoms with E-state index in [9.17, 15) is 0 Å². The van der Waals surface area contributed by atoms with Crippen molar-refractivity contribution in [2.24, 2.45) is 5.73 Å². The third-order valence-electron chi connectivity index (χ3n) is 2.66. The molecule has 0 spiro atoms. The zero-order chi connectivity index (χ0) is 8.97. The summed E-state index contributed by atoms with van der Waals surface area (Å²) >= 11 is 0. The first-order chi connectivity index (χ1) is 5.74. The van der Waals surface area contributed by atoms with Crippen LogP contribution in [-0.4, -0.2) is 41.8 Å². The molecule has 1 rings (SSSR count). The van der Waals surface area contributed by atoms with E-state index in [4.69, 9.17) is 10.8 Å². The van der Waals surface area contributed by atoms with Crippen molar-refractivity contribution in [3.8, 4) is 0 Å². The summed E-state index contributed by atoms with van der Waals surface area (Å²) in [7, 11) is 0. The maximum absolute atomic E-state index is 8.78. The van der Waals surface area contributed by atoms with E-state index in [0.717, 1.165) is 25.9 Å². The van der Waals surface area contributed by atoms with E-state index in [1.165, 1.54) is 6.42 Å². The van der Waals surface area contributed by atoms with Crippen LogP contribution in [-0.2, 0) is 0 Å². The summed E-state index contributed by atoms with van der Waals surface area (Å²) in [6.07, 6.45) is 3.23. The molecule has 0 aliphatic carbocycles. The summed E-state index contributed by atoms with van der Waals surface area (Å²) in [5.74, 6) is 0. The summed E-state index contributed by atoms with van der Waals surface area (Å²) in [6, 6.07) is 0.834. The number of hydrogen-bond donors (Lipinski definition) is 2. The fraction of sp³-hybridized carbons (Fsp3) is 1.00. The molecule has 2 atom stereocenters. The van der Waals surface area contributed by atoms with Gasteiger partial charge in [0.15, 0.2) is 0 Å². The summed E-state index contributed by atoms with van der Waals surface area (Å²) in [6.45, 7) is 4.59. The summed E-state index contributed by atoms with van der Waals surface area (Å²) in [5.41, 5.74) is 5.85. The molecule has 0 aromatic heterocycles. The quantitative estimate of drug-likeness (QED) is 0.638. The van der Waals surface area contributed by atoms with Crippen molar-refractivity contribution in [1.29, 1.82) is 0 Å². The highest BCUT2D eigenvalue weighted by atomic mass is 16.3. The van der Waals surface area contributed by atoms with Gasteiger partial charge in [0, 0.05) is 25.2 Å². The van der Waals surface area contributed by atoms with Crippen LogP contribution in [0.2, 0.25) is 0 Å². The van der Waals surface area contributed by atoms with Crippen LogP contribution < -0.4 is 5.73 Å². The molecule has 1 aliphatic heterocycles. The molecule has 1 fully saturated rings. The highest BCUT2D eigenvalue weighted by molar-refractivity contribution is 4.78. The summed E-state index contributed by atoms with van der Waals surface area (Å²) in [4.78, 5) is 2.38. The van der Waals surface area contributed by atoms with Gasteiger partial charge in [-0.2, -0.15) is 0 Å². The van der Waals surface area contributed by atoms with Gasteiger partial charge in [-0.15, -0.1) is 0 Å². The lowest BCUT2D eigenvalue weighted by atomic mass is 10.0. The molecule has 0 bridgehead atoms. The molecule has 3 nitrogen and oxygen atoms in total. The third kappa shape index (κ3) is 2.73. The Balaban J connectivity index is 2.29. The predicted octanol–water partition coefficient (Wildman–Crippen LogP) is 0.180. The molecule has 0 aromatic carbocycles. The topological polar surface area (TPSA) is 49.5 Å². The maximum Gasteiger partial charge on any atom is 0.0445 e. The lowest BCUT2D eigenvalue weighted by Crippen LogP contribution is -2.46. The minimum Gasteiger partial charge on any atom is -0.396 e. The molecule has 3 heteroatoms. The van der Waals surface area contributed by atoms with E-state index < -0.39 is 0 Å². The molecule has 72 valence electrons. The lowest BCUT2D eigenvalue weighted by molar-refractivity contribution is 0.133. The number of nitrogens with zero attached hydrogens (tertiary/aromatic N) is 1. The van der Waals surface area contributed by atoms with Crippen molar-refractivity contribution >= 4 is 0 Å². The molecule has 0 radical (unpaired) electrons. The molecule has 3 N–H and O–H groups in total. The fourth-order valence-corrected chi connectivity index (χ4v) is 1.81. The highest BCUT2D eigenvalue weighted by Crippen LogP contribution is 2.12. The van der Waals surface area contributed by atoms with Gasteiger partial charge in [-0.1, -0.05) is 0 Å². The Morgan fingerprint density at radius 2 is 2.42 bits per heavy atom. The first kappa shape index (κ1) is 9.96. The second kappa shape index (κ2) is 4.80. The van der Waals surface area contributed by atoms with E-state index in [0.29, 0.717) is 12.1 Å². The Bertz CT molecular complexity index is 130. The van der Waals surface area contributed by atoms with E-state index in [-0.39, 0.29) is 6.61 Å². The first-order valence-corrected chi connectivity index (χ1v) is 4.84. The fourth-order valence-electron chi connectivity index (χ4n) is 1.81. The molecule has 0 aromatic rings. The number of likely N-dealkylation sites (tertiary alicyclic amines) is 1. The zero-order valence-electron chi connectivity index (χ0n) is 7.87. The van der Waals surface area contributed by atoms with Crippen LogP contribution in [0.4, 0.5) is 0 Å². The van der Waals surface area contributed by atoms with Crippen molar-refractivity contribution in [2.45, 2.75) is 38.3 Å². The van der Waals surface area contributed by atoms with Gasteiger partial charge in [0.25, 0.3) is 0 Å². The standard InChI is InChI=1S/C9H20N2O/c1-8(4-6-12)11-5-2-3-9(10)7-11/h8-9,12H,2-7,10H2,1H3. The van der Waals surface area contributed by atoms with Crippen molar-refractivity contribution in [3.05, 3.63) is 0 Å². The van der Waals surface area contributed by atoms with E-state index in [2.05, 4.69) is 11.8 Å². The minimum absolute atomic E-state index is 0.285. The Labute approximate surface area is 74.5 Å². The largest absolute Gasteiger partial charge is 0.396 e. The van der Waals surface area contributed by atoms with Crippen LogP contribution in [0.15, 0.2) is 0 Å². The Kier molecular flexibility index (Phi) is 3.98. The molecule has 2 unspecified atom stereocenters. The molecule has 12 heavy (non-hydrogen) atoms. The number of piperidine rings is 1. The Morgan fingerprint density at radius 1 is 1.67 bits per heavy atom. The van der Waals surface area contributed by atoms with Crippen LogP contribution in [0, 0.1) is 0 Å². The van der Waals surface area contributed by atoms with Crippen molar-refractivity contribution < 1.29 is 5.11 Å². The monoisotopic (exact) mass is 172 g/mol. The average Bonchev–Trinajstić information content (AvgIpc) is 2.05. The predicted molar refractivity (Wildman–Crippen MR) is 49.9 cm³/mol. The number of nitrogens with two attached hydrogens (primary N) is 1. The Hall–Kier alpha value is -0.120. The number of aliphatic hydroxyl groups is 1. The average molecular weight is 172 g/mol. The van der Waals surface area contributed by atoms with Gasteiger partial charge in [-0.3, -0.25) is 4.90 Å². The molecule has 1 heterocycles. The van der Waals surface area contributed by atoms with Gasteiger partial charge < -0.3 is 10.8 Å². The summed E-state index contributed by atoms with van der Waals surface area (Å²) < 4.78 is 0. The van der Waals surface area contributed by atoms with Crippen LogP contribution in [0.1, 0.15) is 26.2 Å². The van der Waals surface area contributed by atoms with E-state index >= 15 is 0 Å². The lowest BCUT2D eigenvalue weighted by Gasteiger charge is -2.35. The molecule has 1 saturated heterocycles. The van der Waals surface area contributed by atoms with Gasteiger partial charge in [-0.25, -0.2) is 0 Å². The number of rotatable bonds is 3. The second-order valence-corrected chi connectivity index (χ2v) is 3.76. The van der Waals surface area contributed by atoms with E-state index in [1.807, 2.05) is 0 Å². The molecule has 0 saturated carbocycles. The van der Waals surface area contributed by atoms with Gasteiger partial charge in [0.2, 0.25) is 0 Å². The van der Waals surface area contributed by atoms with Gasteiger partial charge >= 0.3 is 0 Å². The van der Waals surface area contributed by atoms with Gasteiger partial charge in [-0.05, 0) is 32.7 Å². The Morgan fingerprint density at radius 3 is 3.00 bits per heavy atom. The maximum atomic E-state index is 8.78. The van der Waals surface area contributed by atoms with Crippen molar-refractivity contribution in [3.63, 3.8) is 0 Å². The SMILES string of the molecule is CC(CCO)N1CCCC(N)C1. The van der Waals surface area contributed by atoms with Crippen LogP contribution in [0.25, 0.3) is 0 Å². The van der Waals surface area contributed by atoms with Crippen LogP contribution in [0.3, 0.4) is 0 Å². The van der Waals surface area contributed by atoms with Gasteiger partial charge in [0.1, 0.15) is 0 Å². The zero-order valence-corrected chi connectivity index (χ0v) is 7.87. The molecule has 0 amide bonds. The molecular weight excluding hydrogens is 152 g/mol.